The van der Waals surface area contributed by atoms with Crippen LogP contribution in [0.25, 0.3) is 0 Å². The summed E-state index contributed by atoms with van der Waals surface area (Å²) in [7, 11) is -0.211. The summed E-state index contributed by atoms with van der Waals surface area (Å²) < 4.78 is 35.4. The molecule has 0 amide bonds. The smallest absolute Gasteiger partial charge is 0.452 e. The molecule has 49 heavy (non-hydrogen) atoms. The molecule has 4 bridgehead atoms. The van der Waals surface area contributed by atoms with Crippen molar-refractivity contribution in [3.63, 3.8) is 0 Å². The van der Waals surface area contributed by atoms with Crippen LogP contribution < -0.4 is 0 Å². The Kier molecular flexibility index (Phi) is 14.5. The molecule has 15 heteroatoms. The molecule has 4 aliphatic heterocycles. The Morgan fingerprint density at radius 1 is 0.673 bits per heavy atom. The SMILES string of the molecule is CN1[C@@H]2CC[C@H]1CC(OC(=O)C(CO)c1ccccc1)C2.CN1[C@@H]2CC[C@H]1CC(OC(=O)C(CO)c1ccccc1)C2.O=S(=O)(OO)OO.[HH].[HH]. The first-order valence-electron chi connectivity index (χ1n) is 16.6. The molecule has 14 nitrogen and oxygen atoms in total. The van der Waals surface area contributed by atoms with E-state index in [1.807, 2.05) is 60.7 Å². The number of aliphatic hydroxyl groups is 2. The molecule has 4 N–H and O–H groups in total. The Morgan fingerprint density at radius 3 is 1.22 bits per heavy atom. The van der Waals surface area contributed by atoms with Gasteiger partial charge in [-0.1, -0.05) is 69.3 Å². The van der Waals surface area contributed by atoms with Crippen molar-refractivity contribution < 1.29 is 59.7 Å². The van der Waals surface area contributed by atoms with Gasteiger partial charge in [0.25, 0.3) is 0 Å². The molecule has 2 aromatic rings. The molecule has 4 fully saturated rings. The summed E-state index contributed by atoms with van der Waals surface area (Å²) in [4.78, 5) is 29.6. The van der Waals surface area contributed by atoms with Crippen molar-refractivity contribution in [1.29, 1.82) is 0 Å². The molecule has 4 unspecified atom stereocenters. The molecule has 0 saturated carbocycles. The maximum atomic E-state index is 12.4. The first-order chi connectivity index (χ1) is 23.5. The molecule has 8 atom stereocenters. The number of ether oxygens (including phenoxy) is 2. The number of aliphatic hydroxyl groups excluding tert-OH is 2. The van der Waals surface area contributed by atoms with E-state index < -0.39 is 22.2 Å². The highest BCUT2D eigenvalue weighted by Gasteiger charge is 2.41. The second kappa shape index (κ2) is 18.3. The van der Waals surface area contributed by atoms with Crippen LogP contribution in [0.3, 0.4) is 0 Å². The van der Waals surface area contributed by atoms with Crippen molar-refractivity contribution in [1.82, 2.24) is 9.80 Å². The second-order valence-electron chi connectivity index (χ2n) is 13.0. The monoisotopic (exact) mass is 712 g/mol. The lowest BCUT2D eigenvalue weighted by atomic mass is 9.98. The van der Waals surface area contributed by atoms with Crippen molar-refractivity contribution in [3.05, 3.63) is 71.8 Å². The van der Waals surface area contributed by atoms with E-state index in [0.717, 1.165) is 36.8 Å². The molecule has 6 rings (SSSR count). The third-order valence-electron chi connectivity index (χ3n) is 10.2. The fourth-order valence-corrected chi connectivity index (χ4v) is 7.45. The lowest BCUT2D eigenvalue weighted by Crippen LogP contribution is -2.43. The average molecular weight is 713 g/mol. The number of carbonyl (C=O) groups is 2. The van der Waals surface area contributed by atoms with Crippen LogP contribution in [0.15, 0.2) is 60.7 Å². The topological polar surface area (TPSA) is 193 Å². The molecular weight excluding hydrogens is 660 g/mol. The van der Waals surface area contributed by atoms with Crippen LogP contribution in [-0.2, 0) is 38.1 Å². The normalized spacial score (nSPS) is 27.5. The highest BCUT2D eigenvalue weighted by atomic mass is 32.3. The zero-order valence-electron chi connectivity index (χ0n) is 27.8. The number of carbonyl (C=O) groups excluding carboxylic acids is 2. The standard InChI is InChI=1S/2C17H23NO3.H2O6S.2H2/c2*1-18-13-7-8-14(18)10-15(9-13)21-17(20)16(11-19)12-5-3-2-4-6-12;1-5-7(3,4)6-2;;/h2*2-6,13-16,19H,7-11H2,1H3;1-2H;2*1H/t2*13-,14+,15?,16?;;;. The molecule has 0 radical (unpaired) electrons. The fraction of sp³-hybridized carbons (Fsp3) is 0.588. The lowest BCUT2D eigenvalue weighted by Gasteiger charge is -2.36. The summed E-state index contributed by atoms with van der Waals surface area (Å²) in [5.41, 5.74) is 1.64. The largest absolute Gasteiger partial charge is 0.462 e. The van der Waals surface area contributed by atoms with Gasteiger partial charge in [-0.15, -0.1) is 0 Å². The zero-order valence-corrected chi connectivity index (χ0v) is 28.6. The summed E-state index contributed by atoms with van der Waals surface area (Å²) in [6, 6.07) is 20.9. The van der Waals surface area contributed by atoms with Gasteiger partial charge in [0, 0.05) is 27.0 Å². The van der Waals surface area contributed by atoms with Crippen LogP contribution >= 0.6 is 0 Å². The minimum atomic E-state index is -4.55. The number of piperidine rings is 2. The van der Waals surface area contributed by atoms with Gasteiger partial charge in [0.15, 0.2) is 0 Å². The van der Waals surface area contributed by atoms with Crippen molar-refractivity contribution in [2.45, 2.75) is 99.6 Å². The van der Waals surface area contributed by atoms with E-state index in [0.29, 0.717) is 24.2 Å². The van der Waals surface area contributed by atoms with Gasteiger partial charge in [0.2, 0.25) is 0 Å². The van der Waals surface area contributed by atoms with Crippen LogP contribution in [0.4, 0.5) is 0 Å². The van der Waals surface area contributed by atoms with Gasteiger partial charge < -0.3 is 29.5 Å². The zero-order chi connectivity index (χ0) is 35.6. The van der Waals surface area contributed by atoms with E-state index >= 15 is 0 Å². The van der Waals surface area contributed by atoms with Crippen LogP contribution in [0.5, 0.6) is 0 Å². The molecule has 276 valence electrons. The minimum absolute atomic E-state index is 0. The molecule has 0 aliphatic carbocycles. The quantitative estimate of drug-likeness (QED) is 0.159. The average Bonchev–Trinajstić information content (AvgIpc) is 3.42. The minimum Gasteiger partial charge on any atom is -0.462 e. The van der Waals surface area contributed by atoms with E-state index in [1.54, 1.807) is 0 Å². The first-order valence-corrected chi connectivity index (χ1v) is 17.9. The molecule has 4 aliphatic rings. The molecule has 4 heterocycles. The van der Waals surface area contributed by atoms with Gasteiger partial charge >= 0.3 is 22.3 Å². The van der Waals surface area contributed by atoms with Gasteiger partial charge in [0.1, 0.15) is 24.0 Å². The Bertz CT molecular complexity index is 1320. The summed E-state index contributed by atoms with van der Waals surface area (Å²) in [6.45, 7) is -0.412. The Balaban J connectivity index is 0.000000289. The van der Waals surface area contributed by atoms with Crippen LogP contribution in [0, 0.1) is 0 Å². The number of hydrogen-bond acceptors (Lipinski definition) is 14. The highest BCUT2D eigenvalue weighted by Crippen LogP contribution is 2.37. The van der Waals surface area contributed by atoms with Crippen molar-refractivity contribution >= 4 is 22.3 Å². The number of benzene rings is 2. The van der Waals surface area contributed by atoms with Gasteiger partial charge in [-0.05, 0) is 76.6 Å². The van der Waals surface area contributed by atoms with Crippen molar-refractivity contribution in [2.75, 3.05) is 27.3 Å². The first kappa shape index (κ1) is 38.8. The van der Waals surface area contributed by atoms with Crippen LogP contribution in [0.1, 0.15) is 77.2 Å². The Hall–Kier alpha value is -2.99. The second-order valence-corrected chi connectivity index (χ2v) is 14.1. The Labute approximate surface area is 290 Å². The number of rotatable bonds is 10. The predicted octanol–water partition coefficient (Wildman–Crippen LogP) is 3.56. The molecule has 0 spiro atoms. The van der Waals surface area contributed by atoms with Crippen molar-refractivity contribution in [3.8, 4) is 0 Å². The van der Waals surface area contributed by atoms with Gasteiger partial charge in [0.05, 0.1) is 13.2 Å². The number of fused-ring (bicyclic) bond motifs is 4. The molecule has 4 saturated heterocycles. The van der Waals surface area contributed by atoms with E-state index in [-0.39, 0.29) is 40.2 Å². The molecule has 2 aromatic carbocycles. The maximum Gasteiger partial charge on any atom is 0.452 e. The third kappa shape index (κ3) is 10.5. The van der Waals surface area contributed by atoms with Gasteiger partial charge in [-0.25, -0.2) is 10.5 Å². The van der Waals surface area contributed by atoms with E-state index in [1.165, 1.54) is 25.7 Å². The molecular formula is C34H52N2O12S. The number of hydrogen-bond donors (Lipinski definition) is 4. The van der Waals surface area contributed by atoms with Crippen molar-refractivity contribution in [2.24, 2.45) is 0 Å². The van der Waals surface area contributed by atoms with Gasteiger partial charge in [-0.3, -0.25) is 9.59 Å². The Morgan fingerprint density at radius 2 is 0.980 bits per heavy atom. The molecule has 0 aromatic heterocycles. The lowest BCUT2D eigenvalue weighted by molar-refractivity contribution is -0.198. The van der Waals surface area contributed by atoms with E-state index in [2.05, 4.69) is 32.6 Å². The van der Waals surface area contributed by atoms with Gasteiger partial charge in [-0.2, -0.15) is 8.42 Å². The van der Waals surface area contributed by atoms with E-state index in [9.17, 15) is 28.2 Å². The number of esters is 2. The summed E-state index contributed by atoms with van der Waals surface area (Å²) in [5.74, 6) is -1.72. The number of nitrogens with zero attached hydrogens (tertiary/aromatic N) is 2. The summed E-state index contributed by atoms with van der Waals surface area (Å²) in [5, 5.41) is 33.5. The van der Waals surface area contributed by atoms with Crippen LogP contribution in [0.2, 0.25) is 0 Å². The maximum absolute atomic E-state index is 12.4. The highest BCUT2D eigenvalue weighted by molar-refractivity contribution is 7.81. The third-order valence-corrected chi connectivity index (χ3v) is 10.6. The van der Waals surface area contributed by atoms with Crippen LogP contribution in [-0.4, -0.2) is 115 Å². The summed E-state index contributed by atoms with van der Waals surface area (Å²) >= 11 is 0. The summed E-state index contributed by atoms with van der Waals surface area (Å²) in [6.07, 6.45) is 8.52. The van der Waals surface area contributed by atoms with E-state index in [4.69, 9.17) is 20.0 Å². The predicted molar refractivity (Wildman–Crippen MR) is 180 cm³/mol. The fourth-order valence-electron chi connectivity index (χ4n) is 7.42.